The zero-order valence-corrected chi connectivity index (χ0v) is 18.1. The molecule has 0 aliphatic heterocycles. The Morgan fingerprint density at radius 1 is 0.875 bits per heavy atom. The Kier molecular flexibility index (Phi) is 6.31. The first-order valence-corrected chi connectivity index (χ1v) is 10.7. The normalized spacial score (nSPS) is 11.2. The first-order chi connectivity index (χ1) is 15.7. The topological polar surface area (TPSA) is 44.1 Å². The van der Waals surface area contributed by atoms with Gasteiger partial charge in [-0.2, -0.15) is 0 Å². The molecule has 0 aliphatic carbocycles. The molecule has 0 amide bonds. The van der Waals surface area contributed by atoms with Gasteiger partial charge in [0.1, 0.15) is 5.54 Å². The van der Waals surface area contributed by atoms with E-state index in [1.165, 1.54) is 0 Å². The van der Waals surface area contributed by atoms with Crippen LogP contribution in [0.3, 0.4) is 0 Å². The minimum atomic E-state index is -0.625. The van der Waals surface area contributed by atoms with Crippen LogP contribution in [0, 0.1) is 0 Å². The zero-order valence-electron chi connectivity index (χ0n) is 18.1. The third kappa shape index (κ3) is 4.00. The van der Waals surface area contributed by atoms with Crippen molar-refractivity contribution >= 4 is 5.97 Å². The van der Waals surface area contributed by atoms with Gasteiger partial charge in [0.25, 0.3) is 0 Å². The summed E-state index contributed by atoms with van der Waals surface area (Å²) in [5.74, 6) is -0.387. The number of hydrogen-bond donors (Lipinski definition) is 0. The second-order valence-electron chi connectivity index (χ2n) is 7.58. The van der Waals surface area contributed by atoms with Crippen LogP contribution in [0.5, 0.6) is 0 Å². The number of carbonyl (C=O) groups excluding carboxylic acids is 1. The quantitative estimate of drug-likeness (QED) is 0.217. The van der Waals surface area contributed by atoms with Gasteiger partial charge in [-0.25, -0.2) is 9.78 Å². The Balaban J connectivity index is 1.89. The molecule has 0 bridgehead atoms. The second-order valence-corrected chi connectivity index (χ2v) is 7.58. The van der Waals surface area contributed by atoms with Crippen LogP contribution in [0.4, 0.5) is 0 Å². The summed E-state index contributed by atoms with van der Waals surface area (Å²) >= 11 is 0. The Labute approximate surface area is 188 Å². The van der Waals surface area contributed by atoms with Gasteiger partial charge in [0.05, 0.1) is 18.6 Å². The maximum atomic E-state index is 12.1. The fourth-order valence-electron chi connectivity index (χ4n) is 4.15. The molecule has 32 heavy (non-hydrogen) atoms. The molecule has 0 fully saturated rings. The van der Waals surface area contributed by atoms with Gasteiger partial charge in [0.2, 0.25) is 0 Å². The van der Waals surface area contributed by atoms with Crippen LogP contribution in [-0.4, -0.2) is 22.1 Å². The second kappa shape index (κ2) is 9.48. The third-order valence-electron chi connectivity index (χ3n) is 5.56. The lowest BCUT2D eigenvalue weighted by atomic mass is 9.77. The fraction of sp³-hybridized carbons (Fsp3) is 0.143. The number of carbonyl (C=O) groups is 1. The van der Waals surface area contributed by atoms with E-state index in [1.807, 2.05) is 30.7 Å². The van der Waals surface area contributed by atoms with Gasteiger partial charge in [-0.3, -0.25) is 0 Å². The van der Waals surface area contributed by atoms with E-state index in [9.17, 15) is 4.79 Å². The van der Waals surface area contributed by atoms with Crippen molar-refractivity contribution < 1.29 is 9.53 Å². The molecular formula is C28H26N2O2. The predicted molar refractivity (Wildman–Crippen MR) is 126 cm³/mol. The van der Waals surface area contributed by atoms with Crippen molar-refractivity contribution in [1.82, 2.24) is 9.55 Å². The van der Waals surface area contributed by atoms with Gasteiger partial charge in [0, 0.05) is 18.2 Å². The minimum absolute atomic E-state index is 0.325. The average Bonchev–Trinajstić information content (AvgIpc) is 3.30. The highest BCUT2D eigenvalue weighted by atomic mass is 16.5. The van der Waals surface area contributed by atoms with Crippen LogP contribution < -0.4 is 0 Å². The van der Waals surface area contributed by atoms with Gasteiger partial charge >= 0.3 is 5.97 Å². The van der Waals surface area contributed by atoms with Gasteiger partial charge in [0.15, 0.2) is 0 Å². The smallest absolute Gasteiger partial charge is 0.333 e. The maximum absolute atomic E-state index is 12.1. The van der Waals surface area contributed by atoms with Crippen LogP contribution >= 0.6 is 0 Å². The Morgan fingerprint density at radius 3 is 1.78 bits per heavy atom. The maximum Gasteiger partial charge on any atom is 0.333 e. The van der Waals surface area contributed by atoms with Crippen molar-refractivity contribution in [2.45, 2.75) is 18.9 Å². The summed E-state index contributed by atoms with van der Waals surface area (Å²) in [6, 6.07) is 31.2. The summed E-state index contributed by atoms with van der Waals surface area (Å²) in [5, 5.41) is 0. The number of rotatable bonds is 8. The average molecular weight is 423 g/mol. The van der Waals surface area contributed by atoms with Crippen molar-refractivity contribution in [1.29, 1.82) is 0 Å². The largest absolute Gasteiger partial charge is 0.463 e. The van der Waals surface area contributed by atoms with Crippen molar-refractivity contribution in [3.8, 4) is 0 Å². The van der Waals surface area contributed by atoms with Crippen LogP contribution in [0.1, 0.15) is 29.3 Å². The van der Waals surface area contributed by atoms with Crippen LogP contribution in [0.15, 0.2) is 116 Å². The number of hydrogen-bond acceptors (Lipinski definition) is 3. The molecule has 0 radical (unpaired) electrons. The summed E-state index contributed by atoms with van der Waals surface area (Å²) in [6.07, 6.45) is 4.17. The van der Waals surface area contributed by atoms with Crippen LogP contribution in [0.2, 0.25) is 0 Å². The van der Waals surface area contributed by atoms with Gasteiger partial charge in [-0.15, -0.1) is 0 Å². The first kappa shape index (κ1) is 21.3. The summed E-state index contributed by atoms with van der Waals surface area (Å²) < 4.78 is 7.21. The molecule has 4 aromatic rings. The summed E-state index contributed by atoms with van der Waals surface area (Å²) in [5.41, 5.74) is 3.87. The number of nitrogens with zero attached hydrogens (tertiary/aromatic N) is 2. The van der Waals surface area contributed by atoms with E-state index < -0.39 is 5.54 Å². The van der Waals surface area contributed by atoms with Crippen molar-refractivity contribution in [3.05, 3.63) is 138 Å². The summed E-state index contributed by atoms with van der Waals surface area (Å²) in [6.45, 7) is 6.00. The van der Waals surface area contributed by atoms with E-state index in [-0.39, 0.29) is 5.97 Å². The molecule has 4 nitrogen and oxygen atoms in total. The molecule has 0 N–H and O–H groups in total. The molecule has 0 spiro atoms. The Bertz CT molecular complexity index is 1090. The van der Waals surface area contributed by atoms with E-state index in [0.717, 1.165) is 22.4 Å². The molecule has 0 saturated heterocycles. The van der Waals surface area contributed by atoms with E-state index >= 15 is 0 Å². The SMILES string of the molecule is C=C(Cc1cn(C(c2ccccc2)(c2ccccc2)c2ccccc2)cn1)C(=O)OCC. The van der Waals surface area contributed by atoms with E-state index in [0.29, 0.717) is 18.6 Å². The minimum Gasteiger partial charge on any atom is -0.463 e. The van der Waals surface area contributed by atoms with Crippen molar-refractivity contribution in [2.24, 2.45) is 0 Å². The molecule has 160 valence electrons. The number of benzene rings is 3. The highest BCUT2D eigenvalue weighted by Gasteiger charge is 2.38. The molecule has 0 unspecified atom stereocenters. The monoisotopic (exact) mass is 422 g/mol. The number of imidazole rings is 1. The van der Waals surface area contributed by atoms with E-state index in [4.69, 9.17) is 4.74 Å². The van der Waals surface area contributed by atoms with Crippen LogP contribution in [0.25, 0.3) is 0 Å². The number of esters is 1. The lowest BCUT2D eigenvalue weighted by Gasteiger charge is -2.37. The van der Waals surface area contributed by atoms with Gasteiger partial charge < -0.3 is 9.30 Å². The van der Waals surface area contributed by atoms with E-state index in [1.54, 1.807) is 6.92 Å². The van der Waals surface area contributed by atoms with Crippen molar-refractivity contribution in [2.75, 3.05) is 6.61 Å². The van der Waals surface area contributed by atoms with Crippen LogP contribution in [-0.2, 0) is 21.5 Å². The van der Waals surface area contributed by atoms with Gasteiger partial charge in [-0.05, 0) is 23.6 Å². The van der Waals surface area contributed by atoms with Gasteiger partial charge in [-0.1, -0.05) is 97.6 Å². The highest BCUT2D eigenvalue weighted by molar-refractivity contribution is 5.88. The Morgan fingerprint density at radius 2 is 1.34 bits per heavy atom. The molecule has 0 atom stereocenters. The van der Waals surface area contributed by atoms with Crippen molar-refractivity contribution in [3.63, 3.8) is 0 Å². The standard InChI is InChI=1S/C28H26N2O2/c1-3-32-27(31)22(2)19-26-20-30(21-29-26)28(23-13-7-4-8-14-23,24-15-9-5-10-16-24)25-17-11-6-12-18-25/h4-18,20-21H,2-3,19H2,1H3. The highest BCUT2D eigenvalue weighted by Crippen LogP contribution is 2.40. The molecule has 4 rings (SSSR count). The summed E-state index contributed by atoms with van der Waals surface area (Å²) in [4.78, 5) is 16.7. The molecule has 1 aromatic heterocycles. The number of aromatic nitrogens is 2. The molecule has 0 saturated carbocycles. The molecule has 4 heteroatoms. The lowest BCUT2D eigenvalue weighted by Crippen LogP contribution is -2.36. The Hall–Kier alpha value is -3.92. The molecule has 1 heterocycles. The molecular weight excluding hydrogens is 396 g/mol. The molecule has 0 aliphatic rings. The fourth-order valence-corrected chi connectivity index (χ4v) is 4.15. The predicted octanol–water partition coefficient (Wildman–Crippen LogP) is 5.39. The molecule has 3 aromatic carbocycles. The number of ether oxygens (including phenoxy) is 1. The van der Waals surface area contributed by atoms with E-state index in [2.05, 4.69) is 88.9 Å². The first-order valence-electron chi connectivity index (χ1n) is 10.7. The zero-order chi connectivity index (χ0) is 22.4. The third-order valence-corrected chi connectivity index (χ3v) is 5.56. The summed E-state index contributed by atoms with van der Waals surface area (Å²) in [7, 11) is 0. The lowest BCUT2D eigenvalue weighted by molar-refractivity contribution is -0.138.